The van der Waals surface area contributed by atoms with Crippen LogP contribution in [0.5, 0.6) is 0 Å². The molecular weight excluding hydrogens is 373 g/mol. The second-order valence-electron chi connectivity index (χ2n) is 5.65. The molecule has 130 valence electrons. The van der Waals surface area contributed by atoms with E-state index < -0.39 is 29.4 Å². The maximum absolute atomic E-state index is 13.6. The lowest BCUT2D eigenvalue weighted by molar-refractivity contribution is -0.122. The van der Waals surface area contributed by atoms with Crippen LogP contribution in [0.2, 0.25) is 10.0 Å². The summed E-state index contributed by atoms with van der Waals surface area (Å²) in [4.78, 5) is 24.3. The molecule has 0 heterocycles. The predicted octanol–water partition coefficient (Wildman–Crippen LogP) is 4.48. The first kappa shape index (κ1) is 17.6. The number of rotatable bonds is 4. The average Bonchev–Trinajstić information content (AvgIpc) is 3.35. The fourth-order valence-corrected chi connectivity index (χ4v) is 2.76. The summed E-state index contributed by atoms with van der Waals surface area (Å²) in [5.74, 6) is -3.61. The van der Waals surface area contributed by atoms with Crippen LogP contribution < -0.4 is 10.6 Å². The number of hydrogen-bond acceptors (Lipinski definition) is 2. The first-order valence-electron chi connectivity index (χ1n) is 7.37. The summed E-state index contributed by atoms with van der Waals surface area (Å²) in [6.07, 6.45) is 0.332. The number of nitrogens with one attached hydrogen (secondary N) is 2. The van der Waals surface area contributed by atoms with Crippen LogP contribution in [-0.2, 0) is 9.59 Å². The number of carbonyl (C=O) groups is 2. The van der Waals surface area contributed by atoms with Crippen molar-refractivity contribution in [3.05, 3.63) is 58.1 Å². The maximum atomic E-state index is 13.6. The van der Waals surface area contributed by atoms with E-state index in [1.807, 2.05) is 0 Å². The van der Waals surface area contributed by atoms with Crippen LogP contribution in [0.1, 0.15) is 6.42 Å². The summed E-state index contributed by atoms with van der Waals surface area (Å²) in [6.45, 7) is 0. The Morgan fingerprint density at radius 3 is 2.24 bits per heavy atom. The molecule has 0 spiro atoms. The van der Waals surface area contributed by atoms with Crippen LogP contribution in [0, 0.1) is 23.5 Å². The van der Waals surface area contributed by atoms with Crippen LogP contribution in [0.15, 0.2) is 36.4 Å². The Morgan fingerprint density at radius 1 is 0.960 bits per heavy atom. The topological polar surface area (TPSA) is 58.2 Å². The number of carbonyl (C=O) groups excluding carboxylic acids is 2. The van der Waals surface area contributed by atoms with Crippen LogP contribution in [0.4, 0.5) is 20.2 Å². The van der Waals surface area contributed by atoms with Gasteiger partial charge in [0, 0.05) is 6.07 Å². The summed E-state index contributed by atoms with van der Waals surface area (Å²) < 4.78 is 26.4. The van der Waals surface area contributed by atoms with Crippen LogP contribution in [0.25, 0.3) is 0 Å². The SMILES string of the molecule is O=C(Nc1ccc(F)cc1F)C1CC1C(=O)Nc1cccc(Cl)c1Cl. The molecule has 4 nitrogen and oxygen atoms in total. The monoisotopic (exact) mass is 384 g/mol. The molecule has 2 amide bonds. The van der Waals surface area contributed by atoms with Crippen molar-refractivity contribution in [3.8, 4) is 0 Å². The van der Waals surface area contributed by atoms with E-state index in [-0.39, 0.29) is 16.6 Å². The molecule has 2 N–H and O–H groups in total. The lowest BCUT2D eigenvalue weighted by Crippen LogP contribution is -2.21. The lowest BCUT2D eigenvalue weighted by atomic mass is 10.2. The molecule has 0 aromatic heterocycles. The number of anilines is 2. The minimum atomic E-state index is -0.874. The second-order valence-corrected chi connectivity index (χ2v) is 6.44. The van der Waals surface area contributed by atoms with Crippen LogP contribution >= 0.6 is 23.2 Å². The van der Waals surface area contributed by atoms with Gasteiger partial charge in [-0.3, -0.25) is 9.59 Å². The molecule has 0 radical (unpaired) electrons. The van der Waals surface area contributed by atoms with Crippen molar-refractivity contribution >= 4 is 46.4 Å². The molecule has 2 aromatic rings. The van der Waals surface area contributed by atoms with E-state index in [9.17, 15) is 18.4 Å². The van der Waals surface area contributed by atoms with Crippen molar-refractivity contribution in [1.82, 2.24) is 0 Å². The zero-order chi connectivity index (χ0) is 18.1. The van der Waals surface area contributed by atoms with Gasteiger partial charge in [-0.2, -0.15) is 0 Å². The fourth-order valence-electron chi connectivity index (χ4n) is 2.42. The third-order valence-electron chi connectivity index (χ3n) is 3.86. The molecule has 2 aromatic carbocycles. The molecule has 3 rings (SSSR count). The highest BCUT2D eigenvalue weighted by atomic mass is 35.5. The Hall–Kier alpha value is -2.18. The molecule has 25 heavy (non-hydrogen) atoms. The first-order valence-corrected chi connectivity index (χ1v) is 8.13. The van der Waals surface area contributed by atoms with E-state index in [0.717, 1.165) is 12.1 Å². The fraction of sp³-hybridized carbons (Fsp3) is 0.176. The first-order chi connectivity index (χ1) is 11.9. The molecule has 0 bridgehead atoms. The number of halogens is 4. The molecule has 2 unspecified atom stereocenters. The van der Waals surface area contributed by atoms with Crippen molar-refractivity contribution in [1.29, 1.82) is 0 Å². The Kier molecular flexibility index (Phi) is 4.92. The molecule has 1 fully saturated rings. The normalized spacial score (nSPS) is 18.6. The molecule has 8 heteroatoms. The lowest BCUT2D eigenvalue weighted by Gasteiger charge is -2.08. The largest absolute Gasteiger partial charge is 0.324 e. The van der Waals surface area contributed by atoms with Gasteiger partial charge in [-0.1, -0.05) is 29.3 Å². The van der Waals surface area contributed by atoms with Crippen molar-refractivity contribution < 1.29 is 18.4 Å². The Bertz CT molecular complexity index is 861. The zero-order valence-corrected chi connectivity index (χ0v) is 14.2. The van der Waals surface area contributed by atoms with E-state index in [0.29, 0.717) is 23.2 Å². The Balaban J connectivity index is 1.61. The highest BCUT2D eigenvalue weighted by molar-refractivity contribution is 6.44. The summed E-state index contributed by atoms with van der Waals surface area (Å²) in [5.41, 5.74) is 0.227. The van der Waals surface area contributed by atoms with Crippen molar-refractivity contribution in [3.63, 3.8) is 0 Å². The van der Waals surface area contributed by atoms with Gasteiger partial charge in [0.2, 0.25) is 11.8 Å². The van der Waals surface area contributed by atoms with Crippen molar-refractivity contribution in [2.24, 2.45) is 11.8 Å². The van der Waals surface area contributed by atoms with Crippen LogP contribution in [-0.4, -0.2) is 11.8 Å². The van der Waals surface area contributed by atoms with Gasteiger partial charge in [0.05, 0.1) is 33.3 Å². The molecule has 1 aliphatic rings. The zero-order valence-electron chi connectivity index (χ0n) is 12.7. The molecular formula is C17H12Cl2F2N2O2. The third-order valence-corrected chi connectivity index (χ3v) is 4.68. The summed E-state index contributed by atoms with van der Waals surface area (Å²) in [6, 6.07) is 7.66. The van der Waals surface area contributed by atoms with Crippen LogP contribution in [0.3, 0.4) is 0 Å². The van der Waals surface area contributed by atoms with Gasteiger partial charge >= 0.3 is 0 Å². The van der Waals surface area contributed by atoms with Gasteiger partial charge in [0.1, 0.15) is 11.6 Å². The maximum Gasteiger partial charge on any atom is 0.228 e. The van der Waals surface area contributed by atoms with E-state index in [1.165, 1.54) is 0 Å². The summed E-state index contributed by atoms with van der Waals surface area (Å²) in [7, 11) is 0. The van der Waals surface area contributed by atoms with E-state index in [1.54, 1.807) is 18.2 Å². The Morgan fingerprint density at radius 2 is 1.60 bits per heavy atom. The quantitative estimate of drug-likeness (QED) is 0.815. The van der Waals surface area contributed by atoms with E-state index in [2.05, 4.69) is 10.6 Å². The summed E-state index contributed by atoms with van der Waals surface area (Å²) >= 11 is 11.9. The van der Waals surface area contributed by atoms with Gasteiger partial charge in [-0.25, -0.2) is 8.78 Å². The van der Waals surface area contributed by atoms with Gasteiger partial charge in [-0.15, -0.1) is 0 Å². The minimum absolute atomic E-state index is 0.129. The standard InChI is InChI=1S/C17H12Cl2F2N2O2/c18-11-2-1-3-14(15(11)19)23-17(25)10-7-9(10)16(24)22-13-5-4-8(20)6-12(13)21/h1-6,9-10H,7H2,(H,22,24)(H,23,25). The van der Waals surface area contributed by atoms with E-state index in [4.69, 9.17) is 23.2 Å². The molecule has 1 saturated carbocycles. The second kappa shape index (κ2) is 6.98. The van der Waals surface area contributed by atoms with Gasteiger partial charge in [-0.05, 0) is 30.7 Å². The number of benzene rings is 2. The van der Waals surface area contributed by atoms with Crippen molar-refractivity contribution in [2.45, 2.75) is 6.42 Å². The molecule has 1 aliphatic carbocycles. The minimum Gasteiger partial charge on any atom is -0.324 e. The Labute approximate surface area is 152 Å². The van der Waals surface area contributed by atoms with Crippen molar-refractivity contribution in [2.75, 3.05) is 10.6 Å². The molecule has 0 aliphatic heterocycles. The molecule has 2 atom stereocenters. The van der Waals surface area contributed by atoms with Gasteiger partial charge in [0.25, 0.3) is 0 Å². The highest BCUT2D eigenvalue weighted by Crippen LogP contribution is 2.41. The number of hydrogen-bond donors (Lipinski definition) is 2. The van der Waals surface area contributed by atoms with Gasteiger partial charge in [0.15, 0.2) is 0 Å². The van der Waals surface area contributed by atoms with E-state index >= 15 is 0 Å². The average molecular weight is 385 g/mol. The molecule has 0 saturated heterocycles. The highest BCUT2D eigenvalue weighted by Gasteiger charge is 2.48. The van der Waals surface area contributed by atoms with Gasteiger partial charge < -0.3 is 10.6 Å². The summed E-state index contributed by atoms with van der Waals surface area (Å²) in [5, 5.41) is 5.50. The third kappa shape index (κ3) is 3.91. The number of amides is 2. The smallest absolute Gasteiger partial charge is 0.228 e. The predicted molar refractivity (Wildman–Crippen MR) is 91.7 cm³/mol.